The number of rotatable bonds is 4. The maximum Gasteiger partial charge on any atom is 0.180 e. The number of anilines is 1. The molecule has 7 heteroatoms. The van der Waals surface area contributed by atoms with E-state index in [9.17, 15) is 0 Å². The van der Waals surface area contributed by atoms with E-state index in [0.717, 1.165) is 17.9 Å². The zero-order valence-corrected chi connectivity index (χ0v) is 11.8. The monoisotopic (exact) mass is 311 g/mol. The molecule has 6 nitrogen and oxygen atoms in total. The molecule has 0 fully saturated rings. The van der Waals surface area contributed by atoms with E-state index in [-0.39, 0.29) is 0 Å². The molecule has 0 radical (unpaired) electrons. The summed E-state index contributed by atoms with van der Waals surface area (Å²) in [7, 11) is 1.61. The zero-order chi connectivity index (χ0) is 13.1. The Bertz CT molecular complexity index is 554. The molecule has 0 aliphatic carbocycles. The quantitative estimate of drug-likeness (QED) is 0.932. The summed E-state index contributed by atoms with van der Waals surface area (Å²) in [5.74, 6) is 0.956. The molecule has 0 aliphatic rings. The van der Waals surface area contributed by atoms with Gasteiger partial charge in [0.1, 0.15) is 11.5 Å². The van der Waals surface area contributed by atoms with E-state index in [1.807, 2.05) is 11.5 Å². The summed E-state index contributed by atoms with van der Waals surface area (Å²) < 4.78 is 7.73. The molecule has 2 N–H and O–H groups in total. The van der Waals surface area contributed by atoms with Gasteiger partial charge in [0.2, 0.25) is 0 Å². The van der Waals surface area contributed by atoms with Gasteiger partial charge in [-0.3, -0.25) is 0 Å². The number of nitrogen functional groups attached to an aromatic ring is 1. The number of aryl methyl sites for hydroxylation is 1. The second-order valence-electron chi connectivity index (χ2n) is 3.69. The number of ether oxygens (including phenoxy) is 1. The highest BCUT2D eigenvalue weighted by Crippen LogP contribution is 2.25. The van der Waals surface area contributed by atoms with Gasteiger partial charge in [-0.2, -0.15) is 0 Å². The smallest absolute Gasteiger partial charge is 0.180 e. The molecule has 2 heterocycles. The summed E-state index contributed by atoms with van der Waals surface area (Å²) in [5, 5.41) is 0. The average molecular weight is 312 g/mol. The number of hydrogen-bond donors (Lipinski definition) is 1. The van der Waals surface area contributed by atoms with E-state index in [0.29, 0.717) is 22.7 Å². The molecule has 0 atom stereocenters. The van der Waals surface area contributed by atoms with E-state index >= 15 is 0 Å². The topological polar surface area (TPSA) is 78.9 Å². The third kappa shape index (κ3) is 2.37. The first-order valence-electron chi connectivity index (χ1n) is 5.48. The molecule has 0 spiro atoms. The van der Waals surface area contributed by atoms with Gasteiger partial charge in [0.25, 0.3) is 0 Å². The molecular formula is C11H14BrN5O. The fourth-order valence-corrected chi connectivity index (χ4v) is 1.91. The highest BCUT2D eigenvalue weighted by molar-refractivity contribution is 9.10. The maximum atomic E-state index is 5.87. The second kappa shape index (κ2) is 5.45. The lowest BCUT2D eigenvalue weighted by Gasteiger charge is -2.09. The molecule has 2 aromatic heterocycles. The fraction of sp³-hybridized carbons (Fsp3) is 0.364. The third-order valence-electron chi connectivity index (χ3n) is 2.51. The molecular weight excluding hydrogens is 298 g/mol. The third-order valence-corrected chi connectivity index (χ3v) is 3.37. The molecule has 2 rings (SSSR count). The zero-order valence-electron chi connectivity index (χ0n) is 10.2. The maximum absolute atomic E-state index is 5.87. The molecule has 0 bridgehead atoms. The van der Waals surface area contributed by atoms with Crippen LogP contribution in [0.3, 0.4) is 0 Å². The summed E-state index contributed by atoms with van der Waals surface area (Å²) in [6, 6.07) is 0. The average Bonchev–Trinajstić information content (AvgIpc) is 2.83. The van der Waals surface area contributed by atoms with Crippen LogP contribution in [-0.2, 0) is 17.9 Å². The van der Waals surface area contributed by atoms with Gasteiger partial charge in [-0.25, -0.2) is 15.0 Å². The summed E-state index contributed by atoms with van der Waals surface area (Å²) >= 11 is 3.36. The Kier molecular flexibility index (Phi) is 3.93. The molecule has 0 unspecified atom stereocenters. The Labute approximate surface area is 113 Å². The molecule has 2 aromatic rings. The van der Waals surface area contributed by atoms with Crippen molar-refractivity contribution in [3.05, 3.63) is 22.7 Å². The summed E-state index contributed by atoms with van der Waals surface area (Å²) in [6.45, 7) is 3.21. The van der Waals surface area contributed by atoms with Crippen molar-refractivity contribution in [2.75, 3.05) is 12.8 Å². The standard InChI is InChI=1S/C11H14BrN5O/c1-3-17-6-14-4-8(17)11-15-7(5-18-2)9(12)10(13)16-11/h4,6H,3,5H2,1-2H3,(H2,13,15,16). The van der Waals surface area contributed by atoms with Crippen LogP contribution in [0.2, 0.25) is 0 Å². The first-order chi connectivity index (χ1) is 8.67. The highest BCUT2D eigenvalue weighted by atomic mass is 79.9. The van der Waals surface area contributed by atoms with Crippen LogP contribution in [0.4, 0.5) is 5.82 Å². The van der Waals surface area contributed by atoms with Crippen LogP contribution in [0.25, 0.3) is 11.5 Å². The minimum Gasteiger partial charge on any atom is -0.383 e. The Morgan fingerprint density at radius 2 is 2.22 bits per heavy atom. The van der Waals surface area contributed by atoms with Gasteiger partial charge in [0.15, 0.2) is 5.82 Å². The molecule has 0 saturated carbocycles. The minimum atomic E-state index is 0.376. The number of imidazole rings is 1. The van der Waals surface area contributed by atoms with Gasteiger partial charge in [0.05, 0.1) is 29.3 Å². The number of halogens is 1. The molecule has 96 valence electrons. The van der Waals surface area contributed by atoms with Gasteiger partial charge in [-0.1, -0.05) is 0 Å². The molecule has 0 saturated heterocycles. The van der Waals surface area contributed by atoms with Gasteiger partial charge in [0, 0.05) is 13.7 Å². The lowest BCUT2D eigenvalue weighted by atomic mass is 10.3. The van der Waals surface area contributed by atoms with E-state index < -0.39 is 0 Å². The molecule has 0 aliphatic heterocycles. The Balaban J connectivity index is 2.52. The van der Waals surface area contributed by atoms with Crippen LogP contribution in [0.15, 0.2) is 17.0 Å². The molecule has 0 amide bonds. The Morgan fingerprint density at radius 3 is 2.89 bits per heavy atom. The summed E-state index contributed by atoms with van der Waals surface area (Å²) in [4.78, 5) is 12.8. The molecule has 18 heavy (non-hydrogen) atoms. The lowest BCUT2D eigenvalue weighted by molar-refractivity contribution is 0.181. The largest absolute Gasteiger partial charge is 0.383 e. The van der Waals surface area contributed by atoms with Crippen LogP contribution in [0.1, 0.15) is 12.6 Å². The SMILES string of the molecule is CCn1cncc1-c1nc(N)c(Br)c(COC)n1. The van der Waals surface area contributed by atoms with Gasteiger partial charge >= 0.3 is 0 Å². The van der Waals surface area contributed by atoms with E-state index in [1.54, 1.807) is 19.6 Å². The Hall–Kier alpha value is -1.47. The van der Waals surface area contributed by atoms with Crippen molar-refractivity contribution in [3.8, 4) is 11.5 Å². The van der Waals surface area contributed by atoms with Crippen molar-refractivity contribution in [1.29, 1.82) is 0 Å². The van der Waals surface area contributed by atoms with Crippen molar-refractivity contribution < 1.29 is 4.74 Å². The van der Waals surface area contributed by atoms with E-state index in [2.05, 4.69) is 30.9 Å². The first kappa shape index (κ1) is 13.0. The van der Waals surface area contributed by atoms with Crippen molar-refractivity contribution in [3.63, 3.8) is 0 Å². The van der Waals surface area contributed by atoms with E-state index in [1.165, 1.54) is 0 Å². The van der Waals surface area contributed by atoms with Crippen molar-refractivity contribution >= 4 is 21.7 Å². The lowest BCUT2D eigenvalue weighted by Crippen LogP contribution is -2.06. The van der Waals surface area contributed by atoms with Gasteiger partial charge in [-0.05, 0) is 22.9 Å². The number of aromatic nitrogens is 4. The summed E-state index contributed by atoms with van der Waals surface area (Å²) in [6.07, 6.45) is 3.47. The van der Waals surface area contributed by atoms with Crippen LogP contribution >= 0.6 is 15.9 Å². The Morgan fingerprint density at radius 1 is 1.44 bits per heavy atom. The predicted molar refractivity (Wildman–Crippen MR) is 71.8 cm³/mol. The minimum absolute atomic E-state index is 0.376. The number of methoxy groups -OCH3 is 1. The van der Waals surface area contributed by atoms with Crippen LogP contribution in [-0.4, -0.2) is 26.6 Å². The number of nitrogens with zero attached hydrogens (tertiary/aromatic N) is 4. The van der Waals surface area contributed by atoms with Crippen molar-refractivity contribution in [2.45, 2.75) is 20.1 Å². The van der Waals surface area contributed by atoms with Gasteiger partial charge < -0.3 is 15.0 Å². The fourth-order valence-electron chi connectivity index (χ4n) is 1.62. The molecule has 0 aromatic carbocycles. The van der Waals surface area contributed by atoms with Crippen LogP contribution in [0, 0.1) is 0 Å². The first-order valence-corrected chi connectivity index (χ1v) is 6.28. The predicted octanol–water partition coefficient (Wildman–Crippen LogP) is 1.85. The number of hydrogen-bond acceptors (Lipinski definition) is 5. The second-order valence-corrected chi connectivity index (χ2v) is 4.48. The van der Waals surface area contributed by atoms with Crippen molar-refractivity contribution in [1.82, 2.24) is 19.5 Å². The highest BCUT2D eigenvalue weighted by Gasteiger charge is 2.13. The van der Waals surface area contributed by atoms with E-state index in [4.69, 9.17) is 10.5 Å². The normalized spacial score (nSPS) is 10.8. The summed E-state index contributed by atoms with van der Waals surface area (Å²) in [5.41, 5.74) is 7.43. The van der Waals surface area contributed by atoms with Gasteiger partial charge in [-0.15, -0.1) is 0 Å². The van der Waals surface area contributed by atoms with Crippen LogP contribution in [0.5, 0.6) is 0 Å². The number of nitrogens with two attached hydrogens (primary N) is 1. The van der Waals surface area contributed by atoms with Crippen LogP contribution < -0.4 is 5.73 Å². The van der Waals surface area contributed by atoms with Crippen molar-refractivity contribution in [2.24, 2.45) is 0 Å².